The summed E-state index contributed by atoms with van der Waals surface area (Å²) in [6.07, 6.45) is -0.0407. The van der Waals surface area contributed by atoms with Crippen LogP contribution < -0.4 is 15.8 Å². The van der Waals surface area contributed by atoms with E-state index in [1.165, 1.54) is 11.1 Å². The van der Waals surface area contributed by atoms with Gasteiger partial charge in [0.25, 0.3) is 0 Å². The highest BCUT2D eigenvalue weighted by Crippen LogP contribution is 2.13. The number of rotatable bonds is 5. The first kappa shape index (κ1) is 15.9. The van der Waals surface area contributed by atoms with Gasteiger partial charge in [-0.25, -0.2) is 4.99 Å². The number of hydrogen-bond acceptors (Lipinski definition) is 2. The van der Waals surface area contributed by atoms with Crippen molar-refractivity contribution in [1.29, 1.82) is 0 Å². The van der Waals surface area contributed by atoms with Crippen LogP contribution in [-0.4, -0.2) is 18.6 Å². The highest BCUT2D eigenvalue weighted by Gasteiger charge is 2.03. The number of nitrogens with two attached hydrogens (primary N) is 1. The van der Waals surface area contributed by atoms with Crippen molar-refractivity contribution >= 4 is 11.6 Å². The van der Waals surface area contributed by atoms with Crippen LogP contribution >= 0.6 is 0 Å². The number of aryl methyl sites for hydroxylation is 2. The topological polar surface area (TPSA) is 59.6 Å². The fourth-order valence-electron chi connectivity index (χ4n) is 1.94. The van der Waals surface area contributed by atoms with Gasteiger partial charge in [0.15, 0.2) is 5.96 Å². The number of anilines is 1. The molecule has 0 saturated carbocycles. The van der Waals surface area contributed by atoms with Crippen molar-refractivity contribution in [1.82, 2.24) is 0 Å². The Morgan fingerprint density at radius 3 is 2.18 bits per heavy atom. The molecule has 1 unspecified atom stereocenters. The van der Waals surface area contributed by atoms with Crippen LogP contribution in [0.2, 0.25) is 0 Å². The van der Waals surface area contributed by atoms with Crippen molar-refractivity contribution in [2.75, 3.05) is 11.9 Å². The van der Waals surface area contributed by atoms with Gasteiger partial charge in [0, 0.05) is 5.69 Å². The zero-order chi connectivity index (χ0) is 15.9. The molecule has 0 aliphatic heterocycles. The van der Waals surface area contributed by atoms with Gasteiger partial charge in [-0.3, -0.25) is 0 Å². The molecule has 3 N–H and O–H groups in total. The first-order valence-corrected chi connectivity index (χ1v) is 7.40. The first-order chi connectivity index (χ1) is 10.5. The van der Waals surface area contributed by atoms with E-state index in [2.05, 4.69) is 17.2 Å². The van der Waals surface area contributed by atoms with E-state index in [1.807, 2.05) is 62.4 Å². The number of ether oxygens (including phenoxy) is 1. The number of nitrogens with zero attached hydrogens (tertiary/aromatic N) is 1. The molecule has 4 nitrogen and oxygen atoms in total. The van der Waals surface area contributed by atoms with Crippen LogP contribution in [0.15, 0.2) is 53.5 Å². The maximum atomic E-state index is 5.89. The van der Waals surface area contributed by atoms with Crippen molar-refractivity contribution in [2.45, 2.75) is 26.9 Å². The molecular weight excluding hydrogens is 274 g/mol. The number of benzene rings is 2. The van der Waals surface area contributed by atoms with Gasteiger partial charge < -0.3 is 15.8 Å². The molecule has 0 aliphatic rings. The molecule has 2 aromatic carbocycles. The summed E-state index contributed by atoms with van der Waals surface area (Å²) in [5, 5.41) is 3.07. The molecule has 4 heteroatoms. The molecule has 2 aromatic rings. The quantitative estimate of drug-likeness (QED) is 0.656. The number of guanidine groups is 1. The molecule has 0 fully saturated rings. The highest BCUT2D eigenvalue weighted by atomic mass is 16.5. The van der Waals surface area contributed by atoms with Crippen LogP contribution in [0.4, 0.5) is 5.69 Å². The minimum Gasteiger partial charge on any atom is -0.489 e. The second-order valence-electron chi connectivity index (χ2n) is 5.46. The molecule has 0 saturated heterocycles. The zero-order valence-electron chi connectivity index (χ0n) is 13.3. The van der Waals surface area contributed by atoms with E-state index in [1.54, 1.807) is 0 Å². The molecule has 0 bridgehead atoms. The second-order valence-corrected chi connectivity index (χ2v) is 5.46. The molecular formula is C18H23N3O. The van der Waals surface area contributed by atoms with Crippen molar-refractivity contribution in [3.05, 3.63) is 59.7 Å². The summed E-state index contributed by atoms with van der Waals surface area (Å²) in [6, 6.07) is 16.0. The lowest BCUT2D eigenvalue weighted by atomic mass is 10.2. The lowest BCUT2D eigenvalue weighted by Gasteiger charge is -2.13. The van der Waals surface area contributed by atoms with Gasteiger partial charge in [0.1, 0.15) is 11.9 Å². The monoisotopic (exact) mass is 297 g/mol. The van der Waals surface area contributed by atoms with Gasteiger partial charge in [-0.15, -0.1) is 0 Å². The summed E-state index contributed by atoms with van der Waals surface area (Å²) in [5.74, 6) is 1.24. The van der Waals surface area contributed by atoms with E-state index in [9.17, 15) is 0 Å². The van der Waals surface area contributed by atoms with E-state index in [0.29, 0.717) is 12.5 Å². The van der Waals surface area contributed by atoms with Gasteiger partial charge in [-0.2, -0.15) is 0 Å². The van der Waals surface area contributed by atoms with E-state index in [-0.39, 0.29) is 6.10 Å². The maximum absolute atomic E-state index is 5.89. The standard InChI is InChI=1S/C18H23N3O/c1-13-4-8-16(9-5-13)21-18(19)20-12-15(3)22-17-10-6-14(2)7-11-17/h4-11,15H,12H2,1-3H3,(H3,19,20,21). The van der Waals surface area contributed by atoms with Crippen LogP contribution in [0.25, 0.3) is 0 Å². The van der Waals surface area contributed by atoms with Crippen molar-refractivity contribution in [3.8, 4) is 5.75 Å². The largest absolute Gasteiger partial charge is 0.489 e. The van der Waals surface area contributed by atoms with Crippen LogP contribution in [0.3, 0.4) is 0 Å². The Labute approximate surface area is 132 Å². The predicted octanol–water partition coefficient (Wildman–Crippen LogP) is 3.50. The Hall–Kier alpha value is -2.49. The summed E-state index contributed by atoms with van der Waals surface area (Å²) in [4.78, 5) is 4.31. The average Bonchev–Trinajstić information content (AvgIpc) is 2.50. The summed E-state index contributed by atoms with van der Waals surface area (Å²) >= 11 is 0. The third kappa shape index (κ3) is 5.13. The van der Waals surface area contributed by atoms with Crippen LogP contribution in [0, 0.1) is 13.8 Å². The molecule has 1 atom stereocenters. The Kier molecular flexibility index (Phi) is 5.42. The molecule has 0 aromatic heterocycles. The predicted molar refractivity (Wildman–Crippen MR) is 92.6 cm³/mol. The average molecular weight is 297 g/mol. The van der Waals surface area contributed by atoms with E-state index in [0.717, 1.165) is 11.4 Å². The van der Waals surface area contributed by atoms with Crippen molar-refractivity contribution in [3.63, 3.8) is 0 Å². The Morgan fingerprint density at radius 1 is 1.05 bits per heavy atom. The second kappa shape index (κ2) is 7.50. The maximum Gasteiger partial charge on any atom is 0.193 e. The number of aliphatic imine (C=N–C) groups is 1. The SMILES string of the molecule is Cc1ccc(NC(N)=NCC(C)Oc2ccc(C)cc2)cc1. The van der Waals surface area contributed by atoms with Crippen LogP contribution in [-0.2, 0) is 0 Å². The molecule has 0 radical (unpaired) electrons. The molecule has 22 heavy (non-hydrogen) atoms. The summed E-state index contributed by atoms with van der Waals surface area (Å²) in [7, 11) is 0. The fraction of sp³-hybridized carbons (Fsp3) is 0.278. The first-order valence-electron chi connectivity index (χ1n) is 7.40. The third-order valence-corrected chi connectivity index (χ3v) is 3.20. The van der Waals surface area contributed by atoms with Gasteiger partial charge in [-0.1, -0.05) is 35.4 Å². The van der Waals surface area contributed by atoms with Crippen LogP contribution in [0.5, 0.6) is 5.75 Å². The van der Waals surface area contributed by atoms with Gasteiger partial charge >= 0.3 is 0 Å². The van der Waals surface area contributed by atoms with Crippen molar-refractivity contribution in [2.24, 2.45) is 10.7 Å². The smallest absolute Gasteiger partial charge is 0.193 e. The number of hydrogen-bond donors (Lipinski definition) is 2. The Morgan fingerprint density at radius 2 is 1.59 bits per heavy atom. The van der Waals surface area contributed by atoms with E-state index in [4.69, 9.17) is 10.5 Å². The lowest BCUT2D eigenvalue weighted by Crippen LogP contribution is -2.25. The molecule has 0 heterocycles. The summed E-state index contributed by atoms with van der Waals surface area (Å²) in [6.45, 7) is 6.57. The third-order valence-electron chi connectivity index (χ3n) is 3.20. The molecule has 0 spiro atoms. The van der Waals surface area contributed by atoms with E-state index >= 15 is 0 Å². The lowest BCUT2D eigenvalue weighted by molar-refractivity contribution is 0.230. The normalized spacial score (nSPS) is 12.8. The van der Waals surface area contributed by atoms with Crippen molar-refractivity contribution < 1.29 is 4.74 Å². The summed E-state index contributed by atoms with van der Waals surface area (Å²) < 4.78 is 5.80. The molecule has 0 aliphatic carbocycles. The Bertz CT molecular complexity index is 618. The minimum atomic E-state index is -0.0407. The van der Waals surface area contributed by atoms with Gasteiger partial charge in [0.05, 0.1) is 6.54 Å². The Balaban J connectivity index is 1.84. The van der Waals surface area contributed by atoms with E-state index < -0.39 is 0 Å². The molecule has 0 amide bonds. The highest BCUT2D eigenvalue weighted by molar-refractivity contribution is 5.92. The molecule has 116 valence electrons. The number of nitrogens with one attached hydrogen (secondary N) is 1. The molecule has 2 rings (SSSR count). The van der Waals surface area contributed by atoms with Gasteiger partial charge in [0.2, 0.25) is 0 Å². The zero-order valence-corrected chi connectivity index (χ0v) is 13.3. The summed E-state index contributed by atoms with van der Waals surface area (Å²) in [5.41, 5.74) is 9.24. The fourth-order valence-corrected chi connectivity index (χ4v) is 1.94. The minimum absolute atomic E-state index is 0.0407. The van der Waals surface area contributed by atoms with Crippen LogP contribution in [0.1, 0.15) is 18.1 Å². The van der Waals surface area contributed by atoms with Gasteiger partial charge in [-0.05, 0) is 45.0 Å².